The number of carbonyl (C=O) groups excluding carboxylic acids is 3. The Hall–Kier alpha value is -3.09. The summed E-state index contributed by atoms with van der Waals surface area (Å²) in [4.78, 5) is 35.5. The van der Waals surface area contributed by atoms with Crippen LogP contribution in [0.1, 0.15) is 41.4 Å². The molecule has 0 spiro atoms. The Morgan fingerprint density at radius 3 is 2.52 bits per heavy atom. The molecule has 7 heteroatoms. The second kappa shape index (κ2) is 9.02. The number of aromatic nitrogens is 1. The Kier molecular flexibility index (Phi) is 6.76. The molecule has 0 bridgehead atoms. The number of benzene rings is 1. The van der Waals surface area contributed by atoms with Crippen LogP contribution < -0.4 is 10.1 Å². The quantitative estimate of drug-likeness (QED) is 0.754. The average Bonchev–Trinajstić information content (AvgIpc) is 3.04. The van der Waals surface area contributed by atoms with Crippen LogP contribution in [0.15, 0.2) is 36.5 Å². The minimum atomic E-state index is -0.701. The highest BCUT2D eigenvalue weighted by Crippen LogP contribution is 2.27. The highest BCUT2D eigenvalue weighted by molar-refractivity contribution is 6.04. The lowest BCUT2D eigenvalue weighted by Gasteiger charge is -2.14. The van der Waals surface area contributed by atoms with Gasteiger partial charge in [0.1, 0.15) is 11.4 Å². The van der Waals surface area contributed by atoms with Crippen LogP contribution in [0, 0.1) is 6.92 Å². The molecule has 1 N–H and O–H groups in total. The van der Waals surface area contributed by atoms with Gasteiger partial charge >= 0.3 is 5.97 Å². The second-order valence-electron chi connectivity index (χ2n) is 6.53. The van der Waals surface area contributed by atoms with E-state index in [0.717, 1.165) is 11.1 Å². The van der Waals surface area contributed by atoms with Crippen LogP contribution in [-0.4, -0.2) is 35.6 Å². The van der Waals surface area contributed by atoms with Gasteiger partial charge in [-0.25, -0.2) is 4.79 Å². The molecule has 0 aliphatic carbocycles. The summed E-state index contributed by atoms with van der Waals surface area (Å²) in [5.41, 5.74) is 2.33. The maximum absolute atomic E-state index is 11.9. The van der Waals surface area contributed by atoms with E-state index < -0.39 is 24.4 Å². The van der Waals surface area contributed by atoms with Gasteiger partial charge in [0.25, 0.3) is 11.8 Å². The maximum atomic E-state index is 11.9. The molecule has 27 heavy (non-hydrogen) atoms. The summed E-state index contributed by atoms with van der Waals surface area (Å²) in [5, 5.41) is 2.17. The fourth-order valence-corrected chi connectivity index (χ4v) is 2.49. The molecule has 2 rings (SSSR count). The average molecular weight is 372 g/mol. The van der Waals surface area contributed by atoms with Gasteiger partial charge in [-0.15, -0.1) is 0 Å². The molecule has 2 amide bonds. The van der Waals surface area contributed by atoms with Gasteiger partial charge in [0.15, 0.2) is 13.2 Å². The first-order valence-electron chi connectivity index (χ1n) is 8.62. The van der Waals surface area contributed by atoms with E-state index in [2.05, 4.69) is 5.32 Å². The van der Waals surface area contributed by atoms with Gasteiger partial charge in [-0.2, -0.15) is 0 Å². The molecule has 1 aromatic heterocycles. The van der Waals surface area contributed by atoms with Crippen LogP contribution in [0.3, 0.4) is 0 Å². The van der Waals surface area contributed by atoms with Gasteiger partial charge < -0.3 is 14.0 Å². The van der Waals surface area contributed by atoms with E-state index in [9.17, 15) is 14.4 Å². The van der Waals surface area contributed by atoms with Crippen molar-refractivity contribution in [1.29, 1.82) is 0 Å². The topological polar surface area (TPSA) is 86.6 Å². The first-order valence-corrected chi connectivity index (χ1v) is 8.62. The van der Waals surface area contributed by atoms with Gasteiger partial charge in [0.05, 0.1) is 0 Å². The minimum absolute atomic E-state index is 0.242. The van der Waals surface area contributed by atoms with Crippen molar-refractivity contribution >= 4 is 17.8 Å². The predicted molar refractivity (Wildman–Crippen MR) is 99.6 cm³/mol. The van der Waals surface area contributed by atoms with Gasteiger partial charge in [-0.1, -0.05) is 26.0 Å². The summed E-state index contributed by atoms with van der Waals surface area (Å²) >= 11 is 0. The van der Waals surface area contributed by atoms with Crippen molar-refractivity contribution in [2.45, 2.75) is 26.7 Å². The number of carbonyl (C=O) groups is 3. The zero-order valence-corrected chi connectivity index (χ0v) is 15.9. The number of aryl methyl sites for hydroxylation is 2. The first kappa shape index (κ1) is 20.2. The molecule has 1 heterocycles. The molecule has 7 nitrogen and oxygen atoms in total. The lowest BCUT2D eigenvalue weighted by Crippen LogP contribution is -2.35. The molecule has 0 aliphatic rings. The molecule has 1 aromatic carbocycles. The second-order valence-corrected chi connectivity index (χ2v) is 6.53. The highest BCUT2D eigenvalue weighted by Gasteiger charge is 2.15. The van der Waals surface area contributed by atoms with Crippen LogP contribution in [0.5, 0.6) is 5.75 Å². The third-order valence-electron chi connectivity index (χ3n) is 3.93. The predicted octanol–water partition coefficient (Wildman–Crippen LogP) is 2.34. The summed E-state index contributed by atoms with van der Waals surface area (Å²) in [6.45, 7) is 5.13. The molecule has 0 fully saturated rings. The van der Waals surface area contributed by atoms with Crippen molar-refractivity contribution in [1.82, 2.24) is 9.88 Å². The van der Waals surface area contributed by atoms with Crippen LogP contribution in [0.2, 0.25) is 0 Å². The number of rotatable bonds is 7. The molecule has 2 aromatic rings. The number of hydrogen-bond acceptors (Lipinski definition) is 5. The molecule has 0 saturated heterocycles. The molecule has 0 radical (unpaired) electrons. The molecular formula is C20H24N2O5. The van der Waals surface area contributed by atoms with Crippen molar-refractivity contribution in [2.75, 3.05) is 13.2 Å². The van der Waals surface area contributed by atoms with E-state index in [1.54, 1.807) is 29.9 Å². The Morgan fingerprint density at radius 1 is 1.15 bits per heavy atom. The molecular weight excluding hydrogens is 348 g/mol. The minimum Gasteiger partial charge on any atom is -0.482 e. The fraction of sp³-hybridized carbons (Fsp3) is 0.350. The number of ether oxygens (including phenoxy) is 2. The van der Waals surface area contributed by atoms with E-state index in [0.29, 0.717) is 11.4 Å². The van der Waals surface area contributed by atoms with Gasteiger partial charge in [0, 0.05) is 13.2 Å². The van der Waals surface area contributed by atoms with E-state index in [1.165, 1.54) is 0 Å². The fourth-order valence-electron chi connectivity index (χ4n) is 2.49. The normalized spacial score (nSPS) is 10.6. The monoisotopic (exact) mass is 372 g/mol. The number of esters is 1. The highest BCUT2D eigenvalue weighted by atomic mass is 16.6. The van der Waals surface area contributed by atoms with Crippen molar-refractivity contribution in [2.24, 2.45) is 7.05 Å². The summed E-state index contributed by atoms with van der Waals surface area (Å²) in [6.07, 6.45) is 1.69. The standard InChI is InChI=1S/C20H24N2O5/c1-13(2)15-8-7-14(3)10-17(15)26-12-19(24)27-11-18(23)21-20(25)16-6-5-9-22(16)4/h5-10,13H,11-12H2,1-4H3,(H,21,23,25). The van der Waals surface area contributed by atoms with E-state index in [-0.39, 0.29) is 12.5 Å². The Balaban J connectivity index is 1.81. The zero-order chi connectivity index (χ0) is 20.0. The first-order chi connectivity index (χ1) is 12.8. The summed E-state index contributed by atoms with van der Waals surface area (Å²) in [6, 6.07) is 9.07. The molecule has 0 unspecified atom stereocenters. The van der Waals surface area contributed by atoms with Gasteiger partial charge in [-0.3, -0.25) is 14.9 Å². The van der Waals surface area contributed by atoms with Crippen LogP contribution in [0.4, 0.5) is 0 Å². The third kappa shape index (κ3) is 5.70. The number of nitrogens with one attached hydrogen (secondary N) is 1. The van der Waals surface area contributed by atoms with E-state index in [4.69, 9.17) is 9.47 Å². The summed E-state index contributed by atoms with van der Waals surface area (Å²) in [7, 11) is 1.69. The lowest BCUT2D eigenvalue weighted by atomic mass is 10.0. The van der Waals surface area contributed by atoms with Crippen LogP contribution >= 0.6 is 0 Å². The SMILES string of the molecule is Cc1ccc(C(C)C)c(OCC(=O)OCC(=O)NC(=O)c2cccn2C)c1. The van der Waals surface area contributed by atoms with Crippen molar-refractivity contribution in [3.8, 4) is 5.75 Å². The van der Waals surface area contributed by atoms with E-state index >= 15 is 0 Å². The number of nitrogens with zero attached hydrogens (tertiary/aromatic N) is 1. The van der Waals surface area contributed by atoms with Crippen molar-refractivity contribution < 1.29 is 23.9 Å². The Labute approximate surface area is 158 Å². The van der Waals surface area contributed by atoms with Crippen molar-refractivity contribution in [3.63, 3.8) is 0 Å². The lowest BCUT2D eigenvalue weighted by molar-refractivity contribution is -0.150. The van der Waals surface area contributed by atoms with E-state index in [1.807, 2.05) is 39.0 Å². The number of amides is 2. The Bertz CT molecular complexity index is 839. The van der Waals surface area contributed by atoms with Crippen LogP contribution in [-0.2, 0) is 21.4 Å². The maximum Gasteiger partial charge on any atom is 0.344 e. The molecule has 0 atom stereocenters. The Morgan fingerprint density at radius 2 is 1.89 bits per heavy atom. The van der Waals surface area contributed by atoms with Crippen molar-refractivity contribution in [3.05, 3.63) is 53.3 Å². The number of hydrogen-bond donors (Lipinski definition) is 1. The smallest absolute Gasteiger partial charge is 0.344 e. The van der Waals surface area contributed by atoms with Gasteiger partial charge in [0.2, 0.25) is 0 Å². The van der Waals surface area contributed by atoms with Gasteiger partial charge in [-0.05, 0) is 42.2 Å². The largest absolute Gasteiger partial charge is 0.482 e. The molecule has 0 saturated carbocycles. The van der Waals surface area contributed by atoms with Crippen LogP contribution in [0.25, 0.3) is 0 Å². The summed E-state index contributed by atoms with van der Waals surface area (Å²) < 4.78 is 12.0. The third-order valence-corrected chi connectivity index (χ3v) is 3.93. The summed E-state index contributed by atoms with van der Waals surface area (Å²) in [5.74, 6) is -1.09. The zero-order valence-electron chi connectivity index (χ0n) is 15.9. The molecule has 144 valence electrons. The molecule has 0 aliphatic heterocycles. The number of imide groups is 1.